The Hall–Kier alpha value is -0.0400. The van der Waals surface area contributed by atoms with Crippen molar-refractivity contribution in [3.05, 3.63) is 0 Å². The van der Waals surface area contributed by atoms with Gasteiger partial charge in [-0.05, 0) is 24.7 Å². The van der Waals surface area contributed by atoms with Gasteiger partial charge in [0, 0.05) is 12.6 Å². The van der Waals surface area contributed by atoms with Gasteiger partial charge in [-0.25, -0.2) is 0 Å². The molecule has 1 heteroatoms. The quantitative estimate of drug-likeness (QED) is 0.585. The molecule has 0 amide bonds. The molecule has 1 aliphatic carbocycles. The summed E-state index contributed by atoms with van der Waals surface area (Å²) < 4.78 is 0. The van der Waals surface area contributed by atoms with Crippen LogP contribution >= 0.6 is 0 Å². The van der Waals surface area contributed by atoms with Gasteiger partial charge in [0.2, 0.25) is 0 Å². The largest absolute Gasteiger partial charge is 0.313 e. The SMILES string of the molecule is CCCCCCC(C)(C)CNC1CC1. The summed E-state index contributed by atoms with van der Waals surface area (Å²) in [6.07, 6.45) is 9.79. The number of nitrogens with one attached hydrogen (secondary N) is 1. The summed E-state index contributed by atoms with van der Waals surface area (Å²) in [4.78, 5) is 0. The Balaban J connectivity index is 1.99. The fraction of sp³-hybridized carbons (Fsp3) is 1.00. The summed E-state index contributed by atoms with van der Waals surface area (Å²) in [5, 5.41) is 3.64. The second kappa shape index (κ2) is 5.75. The lowest BCUT2D eigenvalue weighted by Gasteiger charge is -2.25. The van der Waals surface area contributed by atoms with Crippen LogP contribution in [0.2, 0.25) is 0 Å². The molecule has 1 fully saturated rings. The summed E-state index contributed by atoms with van der Waals surface area (Å²) in [5.74, 6) is 0. The molecular formula is C13H27N. The third-order valence-corrected chi connectivity index (χ3v) is 3.15. The van der Waals surface area contributed by atoms with Gasteiger partial charge in [0.25, 0.3) is 0 Å². The molecule has 0 bridgehead atoms. The van der Waals surface area contributed by atoms with E-state index in [-0.39, 0.29) is 0 Å². The van der Waals surface area contributed by atoms with Crippen LogP contribution in [0.5, 0.6) is 0 Å². The number of hydrogen-bond donors (Lipinski definition) is 1. The van der Waals surface area contributed by atoms with E-state index in [0.717, 1.165) is 6.04 Å². The van der Waals surface area contributed by atoms with Gasteiger partial charge in [-0.2, -0.15) is 0 Å². The van der Waals surface area contributed by atoms with Crippen LogP contribution in [0, 0.1) is 5.41 Å². The third kappa shape index (κ3) is 5.64. The first-order chi connectivity index (χ1) is 6.64. The highest BCUT2D eigenvalue weighted by Crippen LogP contribution is 2.26. The molecule has 0 atom stereocenters. The van der Waals surface area contributed by atoms with E-state index in [4.69, 9.17) is 0 Å². The van der Waals surface area contributed by atoms with E-state index in [1.807, 2.05) is 0 Å². The fourth-order valence-corrected chi connectivity index (χ4v) is 1.83. The molecule has 0 heterocycles. The molecule has 14 heavy (non-hydrogen) atoms. The smallest absolute Gasteiger partial charge is 0.00684 e. The van der Waals surface area contributed by atoms with Crippen molar-refractivity contribution in [3.63, 3.8) is 0 Å². The molecule has 0 saturated heterocycles. The zero-order chi connectivity index (χ0) is 10.4. The van der Waals surface area contributed by atoms with Gasteiger partial charge in [0.15, 0.2) is 0 Å². The van der Waals surface area contributed by atoms with Gasteiger partial charge in [-0.1, -0.05) is 46.5 Å². The number of unbranched alkanes of at least 4 members (excludes halogenated alkanes) is 3. The highest BCUT2D eigenvalue weighted by Gasteiger charge is 2.24. The highest BCUT2D eigenvalue weighted by molar-refractivity contribution is 4.83. The monoisotopic (exact) mass is 197 g/mol. The summed E-state index contributed by atoms with van der Waals surface area (Å²) in [7, 11) is 0. The Morgan fingerprint density at radius 1 is 1.14 bits per heavy atom. The standard InChI is InChI=1S/C13H27N/c1-4-5-6-7-10-13(2,3)11-14-12-8-9-12/h12,14H,4-11H2,1-3H3. The lowest BCUT2D eigenvalue weighted by atomic mass is 9.86. The van der Waals surface area contributed by atoms with Crippen LogP contribution in [0.15, 0.2) is 0 Å². The molecule has 0 unspecified atom stereocenters. The first-order valence-corrected chi connectivity index (χ1v) is 6.37. The molecule has 1 aliphatic rings. The van der Waals surface area contributed by atoms with Crippen LogP contribution in [0.3, 0.4) is 0 Å². The average molecular weight is 197 g/mol. The second-order valence-electron chi connectivity index (χ2n) is 5.63. The zero-order valence-corrected chi connectivity index (χ0v) is 10.2. The van der Waals surface area contributed by atoms with Gasteiger partial charge in [0.05, 0.1) is 0 Å². The van der Waals surface area contributed by atoms with Crippen LogP contribution in [0.25, 0.3) is 0 Å². The molecule has 0 aliphatic heterocycles. The molecule has 0 radical (unpaired) electrons. The maximum Gasteiger partial charge on any atom is 0.00684 e. The van der Waals surface area contributed by atoms with E-state index < -0.39 is 0 Å². The lowest BCUT2D eigenvalue weighted by Crippen LogP contribution is -2.30. The molecular weight excluding hydrogens is 170 g/mol. The Labute approximate surface area is 89.7 Å². The van der Waals surface area contributed by atoms with Crippen molar-refractivity contribution in [2.45, 2.75) is 71.8 Å². The van der Waals surface area contributed by atoms with Crippen molar-refractivity contribution >= 4 is 0 Å². The minimum Gasteiger partial charge on any atom is -0.313 e. The number of hydrogen-bond acceptors (Lipinski definition) is 1. The van der Waals surface area contributed by atoms with Gasteiger partial charge >= 0.3 is 0 Å². The van der Waals surface area contributed by atoms with Crippen molar-refractivity contribution in [2.24, 2.45) is 5.41 Å². The minimum atomic E-state index is 0.510. The highest BCUT2D eigenvalue weighted by atomic mass is 15.0. The first-order valence-electron chi connectivity index (χ1n) is 6.37. The van der Waals surface area contributed by atoms with Crippen LogP contribution < -0.4 is 5.32 Å². The predicted molar refractivity (Wildman–Crippen MR) is 63.6 cm³/mol. The summed E-state index contributed by atoms with van der Waals surface area (Å²) in [6.45, 7) is 8.28. The van der Waals surface area contributed by atoms with E-state index in [9.17, 15) is 0 Å². The number of rotatable bonds is 8. The molecule has 1 N–H and O–H groups in total. The van der Waals surface area contributed by atoms with E-state index in [0.29, 0.717) is 5.41 Å². The maximum absolute atomic E-state index is 3.64. The molecule has 84 valence electrons. The van der Waals surface area contributed by atoms with Crippen LogP contribution in [0.4, 0.5) is 0 Å². The topological polar surface area (TPSA) is 12.0 Å². The summed E-state index contributed by atoms with van der Waals surface area (Å²) in [6, 6.07) is 0.866. The van der Waals surface area contributed by atoms with E-state index in [2.05, 4.69) is 26.1 Å². The minimum absolute atomic E-state index is 0.510. The first kappa shape index (κ1) is 12.0. The molecule has 0 aromatic rings. The maximum atomic E-state index is 3.64. The predicted octanol–water partition coefficient (Wildman–Crippen LogP) is 3.74. The molecule has 1 saturated carbocycles. The van der Waals surface area contributed by atoms with Crippen molar-refractivity contribution in [1.29, 1.82) is 0 Å². The third-order valence-electron chi connectivity index (χ3n) is 3.15. The van der Waals surface area contributed by atoms with Gasteiger partial charge in [-0.3, -0.25) is 0 Å². The molecule has 0 aromatic heterocycles. The lowest BCUT2D eigenvalue weighted by molar-refractivity contribution is 0.300. The Kier molecular flexibility index (Phi) is 4.94. The van der Waals surface area contributed by atoms with Crippen molar-refractivity contribution in [3.8, 4) is 0 Å². The van der Waals surface area contributed by atoms with Crippen molar-refractivity contribution in [1.82, 2.24) is 5.32 Å². The van der Waals surface area contributed by atoms with E-state index in [1.165, 1.54) is 51.5 Å². The molecule has 1 rings (SSSR count). The Morgan fingerprint density at radius 3 is 2.43 bits per heavy atom. The van der Waals surface area contributed by atoms with Crippen molar-refractivity contribution < 1.29 is 0 Å². The van der Waals surface area contributed by atoms with Gasteiger partial charge in [0.1, 0.15) is 0 Å². The van der Waals surface area contributed by atoms with E-state index in [1.54, 1.807) is 0 Å². The normalized spacial score (nSPS) is 17.4. The molecule has 0 spiro atoms. The van der Waals surface area contributed by atoms with Gasteiger partial charge < -0.3 is 5.32 Å². The van der Waals surface area contributed by atoms with Crippen LogP contribution in [0.1, 0.15) is 65.7 Å². The summed E-state index contributed by atoms with van der Waals surface area (Å²) in [5.41, 5.74) is 0.510. The van der Waals surface area contributed by atoms with Crippen LogP contribution in [-0.2, 0) is 0 Å². The molecule has 0 aromatic carbocycles. The Bertz CT molecular complexity index is 147. The Morgan fingerprint density at radius 2 is 1.86 bits per heavy atom. The second-order valence-corrected chi connectivity index (χ2v) is 5.63. The van der Waals surface area contributed by atoms with Crippen molar-refractivity contribution in [2.75, 3.05) is 6.54 Å². The van der Waals surface area contributed by atoms with Gasteiger partial charge in [-0.15, -0.1) is 0 Å². The molecule has 1 nitrogen and oxygen atoms in total. The van der Waals surface area contributed by atoms with Crippen LogP contribution in [-0.4, -0.2) is 12.6 Å². The summed E-state index contributed by atoms with van der Waals surface area (Å²) >= 11 is 0. The average Bonchev–Trinajstić information content (AvgIpc) is 2.93. The fourth-order valence-electron chi connectivity index (χ4n) is 1.83. The van der Waals surface area contributed by atoms with E-state index >= 15 is 0 Å². The zero-order valence-electron chi connectivity index (χ0n) is 10.2.